The molecular formula is C13H12FIN2. The highest BCUT2D eigenvalue weighted by atomic mass is 127. The zero-order valence-electron chi connectivity index (χ0n) is 9.43. The maximum Gasteiger partial charge on any atom is 0.138 e. The van der Waals surface area contributed by atoms with E-state index in [4.69, 9.17) is 0 Å². The van der Waals surface area contributed by atoms with Gasteiger partial charge in [0.1, 0.15) is 5.82 Å². The predicted molar refractivity (Wildman–Crippen MR) is 75.9 cm³/mol. The van der Waals surface area contributed by atoms with Gasteiger partial charge in [-0.3, -0.25) is 4.98 Å². The van der Waals surface area contributed by atoms with Crippen molar-refractivity contribution < 1.29 is 4.39 Å². The molecule has 0 saturated heterocycles. The minimum absolute atomic E-state index is 0.194. The molecule has 1 heterocycles. The average Bonchev–Trinajstić information content (AvgIpc) is 3.17. The lowest BCUT2D eigenvalue weighted by atomic mass is 10.1. The van der Waals surface area contributed by atoms with Gasteiger partial charge in [-0.15, -0.1) is 0 Å². The van der Waals surface area contributed by atoms with Gasteiger partial charge in [-0.05, 0) is 53.6 Å². The summed E-state index contributed by atoms with van der Waals surface area (Å²) in [6.45, 7) is 0. The van der Waals surface area contributed by atoms with Gasteiger partial charge in [0.2, 0.25) is 0 Å². The van der Waals surface area contributed by atoms with Crippen LogP contribution < -0.4 is 5.32 Å². The van der Waals surface area contributed by atoms with Crippen LogP contribution in [0.4, 0.5) is 10.1 Å². The number of halogens is 2. The lowest BCUT2D eigenvalue weighted by Gasteiger charge is -2.10. The third kappa shape index (κ3) is 1.88. The minimum Gasteiger partial charge on any atom is -0.388 e. The lowest BCUT2D eigenvalue weighted by Crippen LogP contribution is -1.98. The lowest BCUT2D eigenvalue weighted by molar-refractivity contribution is 0.622. The Morgan fingerprint density at radius 2 is 2.18 bits per heavy atom. The maximum atomic E-state index is 13.6. The second-order valence-corrected chi connectivity index (χ2v) is 5.46. The van der Waals surface area contributed by atoms with E-state index in [1.807, 2.05) is 29.6 Å². The molecule has 2 nitrogen and oxygen atoms in total. The molecule has 2 aromatic rings. The van der Waals surface area contributed by atoms with Gasteiger partial charge in [0.25, 0.3) is 0 Å². The number of aromatic nitrogens is 1. The number of pyridine rings is 1. The van der Waals surface area contributed by atoms with Crippen molar-refractivity contribution in [3.8, 4) is 0 Å². The van der Waals surface area contributed by atoms with E-state index in [1.165, 1.54) is 18.9 Å². The van der Waals surface area contributed by atoms with E-state index in [0.29, 0.717) is 9.49 Å². The number of fused-ring (bicyclic) bond motifs is 1. The van der Waals surface area contributed by atoms with Crippen LogP contribution in [0.2, 0.25) is 0 Å². The summed E-state index contributed by atoms with van der Waals surface area (Å²) in [4.78, 5) is 4.62. The van der Waals surface area contributed by atoms with Crippen LogP contribution in [0.25, 0.3) is 10.9 Å². The Kier molecular flexibility index (Phi) is 2.69. The molecule has 4 heteroatoms. The van der Waals surface area contributed by atoms with Crippen molar-refractivity contribution in [3.05, 3.63) is 33.3 Å². The summed E-state index contributed by atoms with van der Waals surface area (Å²) in [6, 6.07) is 5.39. The second-order valence-electron chi connectivity index (χ2n) is 4.38. The topological polar surface area (TPSA) is 24.9 Å². The van der Waals surface area contributed by atoms with Crippen molar-refractivity contribution in [1.82, 2.24) is 4.98 Å². The van der Waals surface area contributed by atoms with Gasteiger partial charge < -0.3 is 5.32 Å². The first-order chi connectivity index (χ1) is 8.20. The first-order valence-corrected chi connectivity index (χ1v) is 6.75. The minimum atomic E-state index is -0.194. The van der Waals surface area contributed by atoms with Crippen LogP contribution in [-0.4, -0.2) is 12.0 Å². The number of hydrogen-bond acceptors (Lipinski definition) is 2. The summed E-state index contributed by atoms with van der Waals surface area (Å²) in [5.41, 5.74) is 2.90. The van der Waals surface area contributed by atoms with Crippen LogP contribution in [0.1, 0.15) is 24.5 Å². The first-order valence-electron chi connectivity index (χ1n) is 5.67. The van der Waals surface area contributed by atoms with Gasteiger partial charge in [0.05, 0.1) is 9.09 Å². The Balaban J connectivity index is 2.32. The molecule has 1 N–H and O–H groups in total. The van der Waals surface area contributed by atoms with Gasteiger partial charge in [-0.2, -0.15) is 0 Å². The molecule has 0 spiro atoms. The highest BCUT2D eigenvalue weighted by Crippen LogP contribution is 2.41. The van der Waals surface area contributed by atoms with Crippen LogP contribution in [-0.2, 0) is 0 Å². The highest BCUT2D eigenvalue weighted by Gasteiger charge is 2.26. The van der Waals surface area contributed by atoms with Crippen molar-refractivity contribution in [2.45, 2.75) is 18.8 Å². The molecule has 0 aliphatic heterocycles. The number of nitrogens with zero attached hydrogens (tertiary/aromatic N) is 1. The Hall–Kier alpha value is -0.910. The molecule has 0 bridgehead atoms. The molecule has 88 valence electrons. The van der Waals surface area contributed by atoms with E-state index < -0.39 is 0 Å². The van der Waals surface area contributed by atoms with Gasteiger partial charge >= 0.3 is 0 Å². The van der Waals surface area contributed by atoms with Crippen molar-refractivity contribution in [3.63, 3.8) is 0 Å². The fraction of sp³-hybridized carbons (Fsp3) is 0.308. The molecule has 0 amide bonds. The van der Waals surface area contributed by atoms with Crippen LogP contribution in [0.15, 0.2) is 18.2 Å². The second kappa shape index (κ2) is 4.08. The van der Waals surface area contributed by atoms with E-state index in [2.05, 4.69) is 16.4 Å². The number of rotatable bonds is 2. The van der Waals surface area contributed by atoms with E-state index in [1.54, 1.807) is 6.07 Å². The molecule has 0 radical (unpaired) electrons. The molecule has 17 heavy (non-hydrogen) atoms. The largest absolute Gasteiger partial charge is 0.388 e. The molecule has 1 aromatic carbocycles. The monoisotopic (exact) mass is 342 g/mol. The van der Waals surface area contributed by atoms with Gasteiger partial charge in [0.15, 0.2) is 0 Å². The molecule has 3 rings (SSSR count). The number of benzene rings is 1. The molecule has 0 unspecified atom stereocenters. The zero-order chi connectivity index (χ0) is 12.0. The quantitative estimate of drug-likeness (QED) is 0.838. The summed E-state index contributed by atoms with van der Waals surface area (Å²) in [5.74, 6) is 0.381. The zero-order valence-corrected chi connectivity index (χ0v) is 11.6. The van der Waals surface area contributed by atoms with E-state index in [9.17, 15) is 4.39 Å². The summed E-state index contributed by atoms with van der Waals surface area (Å²) in [7, 11) is 1.89. The fourth-order valence-corrected chi connectivity index (χ4v) is 2.64. The third-order valence-corrected chi connectivity index (χ3v) is 4.18. The van der Waals surface area contributed by atoms with Crippen LogP contribution in [0.5, 0.6) is 0 Å². The first kappa shape index (κ1) is 11.2. The van der Waals surface area contributed by atoms with E-state index in [0.717, 1.165) is 22.3 Å². The van der Waals surface area contributed by atoms with E-state index in [-0.39, 0.29) is 5.82 Å². The van der Waals surface area contributed by atoms with E-state index >= 15 is 0 Å². The Morgan fingerprint density at radius 3 is 2.82 bits per heavy atom. The predicted octanol–water partition coefficient (Wildman–Crippen LogP) is 3.90. The molecule has 1 aromatic heterocycles. The SMILES string of the molecule is CNc1cc(C2CC2)nc2c(I)c(F)ccc12. The summed E-state index contributed by atoms with van der Waals surface area (Å²) >= 11 is 2.03. The summed E-state index contributed by atoms with van der Waals surface area (Å²) < 4.78 is 14.2. The normalized spacial score (nSPS) is 15.2. The Morgan fingerprint density at radius 1 is 1.41 bits per heavy atom. The van der Waals surface area contributed by atoms with Crippen molar-refractivity contribution in [1.29, 1.82) is 0 Å². The van der Waals surface area contributed by atoms with Crippen molar-refractivity contribution in [2.75, 3.05) is 12.4 Å². The Bertz CT molecular complexity index is 593. The number of anilines is 1. The van der Waals surface area contributed by atoms with Gasteiger partial charge in [0, 0.05) is 29.7 Å². The standard InChI is InChI=1S/C13H12FIN2/c1-16-11-6-10(7-2-3-7)17-13-8(11)4-5-9(14)12(13)15/h4-7H,2-3H2,1H3,(H,16,17). The van der Waals surface area contributed by atoms with Crippen molar-refractivity contribution in [2.24, 2.45) is 0 Å². The molecule has 1 aliphatic carbocycles. The van der Waals surface area contributed by atoms with Crippen molar-refractivity contribution >= 4 is 39.2 Å². The highest BCUT2D eigenvalue weighted by molar-refractivity contribution is 14.1. The maximum absolute atomic E-state index is 13.6. The molecule has 1 aliphatic rings. The third-order valence-electron chi connectivity index (χ3n) is 3.16. The Labute approximate surface area is 113 Å². The van der Waals surface area contributed by atoms with Gasteiger partial charge in [-0.25, -0.2) is 4.39 Å². The smallest absolute Gasteiger partial charge is 0.138 e. The van der Waals surface area contributed by atoms with Gasteiger partial charge in [-0.1, -0.05) is 0 Å². The van der Waals surface area contributed by atoms with Crippen LogP contribution in [0, 0.1) is 9.39 Å². The number of nitrogens with one attached hydrogen (secondary N) is 1. The average molecular weight is 342 g/mol. The molecule has 0 atom stereocenters. The van der Waals surface area contributed by atoms with Crippen LogP contribution in [0.3, 0.4) is 0 Å². The molecule has 1 fully saturated rings. The molecular weight excluding hydrogens is 330 g/mol. The molecule has 1 saturated carbocycles. The summed E-state index contributed by atoms with van der Waals surface area (Å²) in [6.07, 6.45) is 2.40. The van der Waals surface area contributed by atoms with Crippen LogP contribution >= 0.6 is 22.6 Å². The number of hydrogen-bond donors (Lipinski definition) is 1. The summed E-state index contributed by atoms with van der Waals surface area (Å²) in [5, 5.41) is 4.16. The fourth-order valence-electron chi connectivity index (χ4n) is 2.05.